The van der Waals surface area contributed by atoms with Gasteiger partial charge in [0.2, 0.25) is 0 Å². The Morgan fingerprint density at radius 1 is 1.33 bits per heavy atom. The van der Waals surface area contributed by atoms with Crippen molar-refractivity contribution in [2.24, 2.45) is 0 Å². The van der Waals surface area contributed by atoms with Gasteiger partial charge in [-0.05, 0) is 39.0 Å². The van der Waals surface area contributed by atoms with Crippen LogP contribution in [0, 0.1) is 0 Å². The molecule has 1 aromatic heterocycles. The zero-order chi connectivity index (χ0) is 15.6. The van der Waals surface area contributed by atoms with E-state index < -0.39 is 11.7 Å². The van der Waals surface area contributed by atoms with E-state index in [1.807, 2.05) is 5.38 Å². The first-order valence-corrected chi connectivity index (χ1v) is 7.79. The third kappa shape index (κ3) is 4.59. The van der Waals surface area contributed by atoms with Gasteiger partial charge >= 0.3 is 6.09 Å². The fourth-order valence-electron chi connectivity index (χ4n) is 1.54. The summed E-state index contributed by atoms with van der Waals surface area (Å²) in [6.07, 6.45) is -0.536. The van der Waals surface area contributed by atoms with E-state index in [0.29, 0.717) is 20.9 Å². The number of aromatic nitrogens is 1. The molecule has 0 atom stereocenters. The lowest BCUT2D eigenvalue weighted by Gasteiger charge is -2.18. The zero-order valence-electron chi connectivity index (χ0n) is 11.7. The molecule has 0 radical (unpaired) electrons. The molecular formula is C14H14Cl2N2O2S. The van der Waals surface area contributed by atoms with Crippen LogP contribution >= 0.6 is 34.5 Å². The van der Waals surface area contributed by atoms with E-state index in [1.54, 1.807) is 39.0 Å². The normalized spacial score (nSPS) is 11.3. The van der Waals surface area contributed by atoms with Crippen LogP contribution in [0.1, 0.15) is 20.8 Å². The minimum Gasteiger partial charge on any atom is -0.444 e. The Bertz CT molecular complexity index is 665. The lowest BCUT2D eigenvalue weighted by molar-refractivity contribution is 0.0636. The molecule has 0 aliphatic heterocycles. The van der Waals surface area contributed by atoms with Gasteiger partial charge < -0.3 is 4.74 Å². The zero-order valence-corrected chi connectivity index (χ0v) is 14.1. The predicted octanol–water partition coefficient (Wildman–Crippen LogP) is 5.46. The third-order valence-electron chi connectivity index (χ3n) is 2.32. The van der Waals surface area contributed by atoms with Gasteiger partial charge in [0, 0.05) is 16.0 Å². The maximum absolute atomic E-state index is 11.7. The first kappa shape index (κ1) is 16.1. The third-order valence-corrected chi connectivity index (χ3v) is 3.62. The molecule has 0 unspecified atom stereocenters. The number of nitrogens with one attached hydrogen (secondary N) is 1. The number of carbonyl (C=O) groups excluding carboxylic acids is 1. The van der Waals surface area contributed by atoms with Gasteiger partial charge in [-0.15, -0.1) is 11.3 Å². The number of carbonyl (C=O) groups is 1. The summed E-state index contributed by atoms with van der Waals surface area (Å²) in [6, 6.07) is 5.18. The Labute approximate surface area is 137 Å². The number of rotatable bonds is 2. The van der Waals surface area contributed by atoms with Crippen molar-refractivity contribution in [2.75, 3.05) is 5.32 Å². The highest BCUT2D eigenvalue weighted by molar-refractivity contribution is 7.14. The van der Waals surface area contributed by atoms with Crippen LogP contribution in [0.25, 0.3) is 11.3 Å². The van der Waals surface area contributed by atoms with Crippen molar-refractivity contribution in [3.63, 3.8) is 0 Å². The highest BCUT2D eigenvalue weighted by atomic mass is 35.5. The number of anilines is 1. The van der Waals surface area contributed by atoms with Crippen molar-refractivity contribution in [2.45, 2.75) is 26.4 Å². The van der Waals surface area contributed by atoms with Crippen molar-refractivity contribution in [3.05, 3.63) is 33.6 Å². The van der Waals surface area contributed by atoms with Gasteiger partial charge in [0.15, 0.2) is 5.13 Å². The summed E-state index contributed by atoms with van der Waals surface area (Å²) in [5.74, 6) is 0. The first-order valence-electron chi connectivity index (χ1n) is 6.15. The molecule has 0 fully saturated rings. The minimum absolute atomic E-state index is 0.449. The predicted molar refractivity (Wildman–Crippen MR) is 87.4 cm³/mol. The average molecular weight is 345 g/mol. The number of hydrogen-bond acceptors (Lipinski definition) is 4. The fourth-order valence-corrected chi connectivity index (χ4v) is 2.74. The first-order chi connectivity index (χ1) is 9.74. The van der Waals surface area contributed by atoms with Crippen LogP contribution in [0.3, 0.4) is 0 Å². The summed E-state index contributed by atoms with van der Waals surface area (Å²) < 4.78 is 5.17. The summed E-state index contributed by atoms with van der Waals surface area (Å²) in [6.45, 7) is 5.40. The molecular weight excluding hydrogens is 331 g/mol. The highest BCUT2D eigenvalue weighted by Gasteiger charge is 2.17. The Morgan fingerprint density at radius 3 is 2.67 bits per heavy atom. The van der Waals surface area contributed by atoms with Crippen molar-refractivity contribution in [1.29, 1.82) is 0 Å². The SMILES string of the molecule is CC(C)(C)OC(=O)Nc1nc(-c2ccc(Cl)cc2Cl)cs1. The second-order valence-electron chi connectivity index (χ2n) is 5.29. The number of ether oxygens (including phenoxy) is 1. The van der Waals surface area contributed by atoms with E-state index in [9.17, 15) is 4.79 Å². The second kappa shape index (κ2) is 6.22. The number of benzene rings is 1. The lowest BCUT2D eigenvalue weighted by atomic mass is 10.2. The largest absolute Gasteiger partial charge is 0.444 e. The number of halogens is 2. The quantitative estimate of drug-likeness (QED) is 0.786. The molecule has 2 rings (SSSR count). The number of amides is 1. The van der Waals surface area contributed by atoms with E-state index in [-0.39, 0.29) is 0 Å². The molecule has 0 bridgehead atoms. The molecule has 4 nitrogen and oxygen atoms in total. The Balaban J connectivity index is 2.13. The van der Waals surface area contributed by atoms with Crippen molar-refractivity contribution < 1.29 is 9.53 Å². The summed E-state index contributed by atoms with van der Waals surface area (Å²) in [5.41, 5.74) is 0.881. The smallest absolute Gasteiger partial charge is 0.413 e. The van der Waals surface area contributed by atoms with Gasteiger partial charge in [-0.3, -0.25) is 5.32 Å². The summed E-state index contributed by atoms with van der Waals surface area (Å²) in [5, 5.41) is 5.93. The van der Waals surface area contributed by atoms with Gasteiger partial charge in [0.1, 0.15) is 5.60 Å². The van der Waals surface area contributed by atoms with Crippen molar-refractivity contribution >= 4 is 45.8 Å². The van der Waals surface area contributed by atoms with Crippen LogP contribution in [-0.4, -0.2) is 16.7 Å². The Kier molecular flexibility index (Phi) is 4.76. The fraction of sp³-hybridized carbons (Fsp3) is 0.286. The number of thiazole rings is 1. The molecule has 112 valence electrons. The molecule has 1 N–H and O–H groups in total. The van der Waals surface area contributed by atoms with Crippen LogP contribution < -0.4 is 5.32 Å². The molecule has 0 spiro atoms. The van der Waals surface area contributed by atoms with Gasteiger partial charge in [-0.25, -0.2) is 9.78 Å². The minimum atomic E-state index is -0.552. The average Bonchev–Trinajstić information content (AvgIpc) is 2.74. The van der Waals surface area contributed by atoms with Crippen molar-refractivity contribution in [3.8, 4) is 11.3 Å². The van der Waals surface area contributed by atoms with Crippen LogP contribution in [0.15, 0.2) is 23.6 Å². The van der Waals surface area contributed by atoms with Gasteiger partial charge in [-0.1, -0.05) is 23.2 Å². The molecule has 1 heterocycles. The summed E-state index contributed by atoms with van der Waals surface area (Å²) >= 11 is 13.3. The molecule has 7 heteroatoms. The molecule has 1 aromatic carbocycles. The summed E-state index contributed by atoms with van der Waals surface area (Å²) in [4.78, 5) is 16.0. The molecule has 0 aliphatic rings. The molecule has 1 amide bonds. The molecule has 2 aromatic rings. The van der Waals surface area contributed by atoms with Crippen LogP contribution in [-0.2, 0) is 4.74 Å². The monoisotopic (exact) mass is 344 g/mol. The highest BCUT2D eigenvalue weighted by Crippen LogP contribution is 2.32. The van der Waals surface area contributed by atoms with Crippen LogP contribution in [0.2, 0.25) is 10.0 Å². The topological polar surface area (TPSA) is 51.2 Å². The van der Waals surface area contributed by atoms with Gasteiger partial charge in [0.25, 0.3) is 0 Å². The van der Waals surface area contributed by atoms with Crippen molar-refractivity contribution in [1.82, 2.24) is 4.98 Å². The number of hydrogen-bond donors (Lipinski definition) is 1. The van der Waals surface area contributed by atoms with E-state index in [2.05, 4.69) is 10.3 Å². The van der Waals surface area contributed by atoms with E-state index in [0.717, 1.165) is 5.56 Å². The van der Waals surface area contributed by atoms with Crippen LogP contribution in [0.5, 0.6) is 0 Å². The standard InChI is InChI=1S/C14H14Cl2N2O2S/c1-14(2,3)20-13(19)18-12-17-11(7-21-12)9-5-4-8(15)6-10(9)16/h4-7H,1-3H3,(H,17,18,19). The maximum Gasteiger partial charge on any atom is 0.413 e. The molecule has 0 saturated heterocycles. The van der Waals surface area contributed by atoms with E-state index in [1.165, 1.54) is 11.3 Å². The van der Waals surface area contributed by atoms with Gasteiger partial charge in [-0.2, -0.15) is 0 Å². The van der Waals surface area contributed by atoms with Crippen LogP contribution in [0.4, 0.5) is 9.93 Å². The Hall–Kier alpha value is -1.30. The Morgan fingerprint density at radius 2 is 2.05 bits per heavy atom. The summed E-state index contributed by atoms with van der Waals surface area (Å²) in [7, 11) is 0. The molecule has 0 saturated carbocycles. The number of nitrogens with zero attached hydrogens (tertiary/aromatic N) is 1. The van der Waals surface area contributed by atoms with E-state index in [4.69, 9.17) is 27.9 Å². The van der Waals surface area contributed by atoms with Gasteiger partial charge in [0.05, 0.1) is 10.7 Å². The van der Waals surface area contributed by atoms with E-state index >= 15 is 0 Å². The molecule has 21 heavy (non-hydrogen) atoms. The second-order valence-corrected chi connectivity index (χ2v) is 6.99. The lowest BCUT2D eigenvalue weighted by Crippen LogP contribution is -2.27. The maximum atomic E-state index is 11.7. The molecule has 0 aliphatic carbocycles.